The van der Waals surface area contributed by atoms with Gasteiger partial charge in [-0.25, -0.2) is 4.79 Å². The SMILES string of the molecule is CC(C)(C)N(CCc1ccccc1)C(=O)OCCN1CCCC1. The fourth-order valence-electron chi connectivity index (χ4n) is 2.93. The summed E-state index contributed by atoms with van der Waals surface area (Å²) >= 11 is 0. The molecular formula is C19H30N2O2. The number of hydrogen-bond donors (Lipinski definition) is 0. The van der Waals surface area contributed by atoms with Crippen LogP contribution in [0.3, 0.4) is 0 Å². The van der Waals surface area contributed by atoms with Gasteiger partial charge < -0.3 is 9.64 Å². The number of carbonyl (C=O) groups is 1. The summed E-state index contributed by atoms with van der Waals surface area (Å²) in [4.78, 5) is 16.7. The van der Waals surface area contributed by atoms with Crippen LogP contribution in [0.5, 0.6) is 0 Å². The molecular weight excluding hydrogens is 288 g/mol. The van der Waals surface area contributed by atoms with Gasteiger partial charge in [0.15, 0.2) is 0 Å². The molecule has 1 aliphatic rings. The van der Waals surface area contributed by atoms with E-state index in [0.717, 1.165) is 26.1 Å². The first-order valence-electron chi connectivity index (χ1n) is 8.67. The van der Waals surface area contributed by atoms with E-state index < -0.39 is 0 Å². The zero-order chi connectivity index (χ0) is 16.7. The van der Waals surface area contributed by atoms with Crippen molar-refractivity contribution in [1.29, 1.82) is 0 Å². The van der Waals surface area contributed by atoms with Crippen molar-refractivity contribution in [2.45, 2.75) is 45.6 Å². The second kappa shape index (κ2) is 8.34. The minimum atomic E-state index is -0.237. The van der Waals surface area contributed by atoms with Crippen molar-refractivity contribution in [2.24, 2.45) is 0 Å². The highest BCUT2D eigenvalue weighted by molar-refractivity contribution is 5.68. The molecule has 1 aromatic rings. The average Bonchev–Trinajstić information content (AvgIpc) is 3.00. The summed E-state index contributed by atoms with van der Waals surface area (Å²) in [6, 6.07) is 10.3. The summed E-state index contributed by atoms with van der Waals surface area (Å²) in [6.07, 6.45) is 3.17. The van der Waals surface area contributed by atoms with Gasteiger partial charge in [-0.05, 0) is 58.7 Å². The summed E-state index contributed by atoms with van der Waals surface area (Å²) in [5, 5.41) is 0. The van der Waals surface area contributed by atoms with Crippen LogP contribution in [0.1, 0.15) is 39.2 Å². The Morgan fingerprint density at radius 1 is 1.17 bits per heavy atom. The molecule has 1 aromatic carbocycles. The first kappa shape index (κ1) is 17.8. The highest BCUT2D eigenvalue weighted by Gasteiger charge is 2.27. The average molecular weight is 318 g/mol. The first-order chi connectivity index (χ1) is 11.0. The van der Waals surface area contributed by atoms with E-state index in [2.05, 4.69) is 37.8 Å². The predicted octanol–water partition coefficient (Wildman–Crippen LogP) is 3.56. The molecule has 4 nitrogen and oxygen atoms in total. The van der Waals surface area contributed by atoms with E-state index in [1.807, 2.05) is 23.1 Å². The number of hydrogen-bond acceptors (Lipinski definition) is 3. The molecule has 1 saturated heterocycles. The van der Waals surface area contributed by atoms with E-state index in [1.54, 1.807) is 0 Å². The number of rotatable bonds is 6. The third-order valence-corrected chi connectivity index (χ3v) is 4.33. The Morgan fingerprint density at radius 3 is 2.43 bits per heavy atom. The van der Waals surface area contributed by atoms with E-state index in [4.69, 9.17) is 4.74 Å². The molecule has 0 bridgehead atoms. The van der Waals surface area contributed by atoms with Gasteiger partial charge in [0.05, 0.1) is 0 Å². The second-order valence-corrected chi connectivity index (χ2v) is 7.22. The van der Waals surface area contributed by atoms with Crippen molar-refractivity contribution in [1.82, 2.24) is 9.80 Å². The Balaban J connectivity index is 1.82. The molecule has 0 aliphatic carbocycles. The number of benzene rings is 1. The summed E-state index contributed by atoms with van der Waals surface area (Å²) in [5.41, 5.74) is 1.01. The standard InChI is InChI=1S/C19H30N2O2/c1-19(2,3)21(14-11-17-9-5-4-6-10-17)18(22)23-16-15-20-12-7-8-13-20/h4-6,9-10H,7-8,11-16H2,1-3H3. The molecule has 0 N–H and O–H groups in total. The molecule has 0 saturated carbocycles. The molecule has 1 heterocycles. The third-order valence-electron chi connectivity index (χ3n) is 4.33. The molecule has 0 unspecified atom stereocenters. The summed E-state index contributed by atoms with van der Waals surface area (Å²) < 4.78 is 5.53. The number of carbonyl (C=O) groups excluding carboxylic acids is 1. The van der Waals surface area contributed by atoms with Crippen LogP contribution in [-0.4, -0.2) is 54.2 Å². The van der Waals surface area contributed by atoms with Crippen molar-refractivity contribution in [2.75, 3.05) is 32.8 Å². The van der Waals surface area contributed by atoms with Crippen LogP contribution in [-0.2, 0) is 11.2 Å². The zero-order valence-corrected chi connectivity index (χ0v) is 14.8. The van der Waals surface area contributed by atoms with Crippen LogP contribution < -0.4 is 0 Å². The van der Waals surface area contributed by atoms with Gasteiger partial charge in [-0.15, -0.1) is 0 Å². The quantitative estimate of drug-likeness (QED) is 0.804. The van der Waals surface area contributed by atoms with E-state index >= 15 is 0 Å². The highest BCUT2D eigenvalue weighted by atomic mass is 16.6. The zero-order valence-electron chi connectivity index (χ0n) is 14.8. The van der Waals surface area contributed by atoms with Gasteiger partial charge in [-0.1, -0.05) is 30.3 Å². The van der Waals surface area contributed by atoms with Gasteiger partial charge in [-0.2, -0.15) is 0 Å². The van der Waals surface area contributed by atoms with Gasteiger partial charge in [0.2, 0.25) is 0 Å². The summed E-state index contributed by atoms with van der Waals surface area (Å²) in [5.74, 6) is 0. The smallest absolute Gasteiger partial charge is 0.410 e. The van der Waals surface area contributed by atoms with Crippen LogP contribution in [0, 0.1) is 0 Å². The fraction of sp³-hybridized carbons (Fsp3) is 0.632. The minimum Gasteiger partial charge on any atom is -0.448 e. The predicted molar refractivity (Wildman–Crippen MR) is 93.6 cm³/mol. The Morgan fingerprint density at radius 2 is 1.83 bits per heavy atom. The molecule has 0 radical (unpaired) electrons. The molecule has 23 heavy (non-hydrogen) atoms. The lowest BCUT2D eigenvalue weighted by Gasteiger charge is -2.35. The van der Waals surface area contributed by atoms with Crippen molar-refractivity contribution in [3.8, 4) is 0 Å². The maximum Gasteiger partial charge on any atom is 0.410 e. The van der Waals surface area contributed by atoms with Gasteiger partial charge in [0.25, 0.3) is 0 Å². The number of likely N-dealkylation sites (tertiary alicyclic amines) is 1. The molecule has 0 aromatic heterocycles. The lowest BCUT2D eigenvalue weighted by molar-refractivity contribution is 0.0626. The molecule has 1 amide bonds. The van der Waals surface area contributed by atoms with E-state index in [1.165, 1.54) is 18.4 Å². The highest BCUT2D eigenvalue weighted by Crippen LogP contribution is 2.16. The largest absolute Gasteiger partial charge is 0.448 e. The Kier molecular flexibility index (Phi) is 6.46. The van der Waals surface area contributed by atoms with Crippen molar-refractivity contribution in [3.05, 3.63) is 35.9 Å². The normalized spacial score (nSPS) is 15.6. The molecule has 1 fully saturated rings. The summed E-state index contributed by atoms with van der Waals surface area (Å²) in [6.45, 7) is 10.4. The van der Waals surface area contributed by atoms with Crippen LogP contribution in [0.4, 0.5) is 4.79 Å². The fourth-order valence-corrected chi connectivity index (χ4v) is 2.93. The topological polar surface area (TPSA) is 32.8 Å². The minimum absolute atomic E-state index is 0.201. The second-order valence-electron chi connectivity index (χ2n) is 7.22. The molecule has 1 aliphatic heterocycles. The van der Waals surface area contributed by atoms with Crippen LogP contribution in [0.25, 0.3) is 0 Å². The van der Waals surface area contributed by atoms with Crippen molar-refractivity contribution >= 4 is 6.09 Å². The number of nitrogens with zero attached hydrogens (tertiary/aromatic N) is 2. The van der Waals surface area contributed by atoms with Gasteiger partial charge in [-0.3, -0.25) is 4.90 Å². The molecule has 4 heteroatoms. The van der Waals surface area contributed by atoms with Crippen LogP contribution in [0.15, 0.2) is 30.3 Å². The molecule has 0 atom stereocenters. The Labute approximate surface area is 140 Å². The van der Waals surface area contributed by atoms with Gasteiger partial charge >= 0.3 is 6.09 Å². The molecule has 2 rings (SSSR count). The number of ether oxygens (including phenoxy) is 1. The first-order valence-corrected chi connectivity index (χ1v) is 8.67. The molecule has 0 spiro atoms. The van der Waals surface area contributed by atoms with E-state index in [0.29, 0.717) is 13.2 Å². The van der Waals surface area contributed by atoms with Crippen molar-refractivity contribution < 1.29 is 9.53 Å². The van der Waals surface area contributed by atoms with E-state index in [-0.39, 0.29) is 11.6 Å². The number of amides is 1. The third kappa shape index (κ3) is 5.87. The van der Waals surface area contributed by atoms with Gasteiger partial charge in [0, 0.05) is 18.6 Å². The van der Waals surface area contributed by atoms with Crippen LogP contribution in [0.2, 0.25) is 0 Å². The monoisotopic (exact) mass is 318 g/mol. The lowest BCUT2D eigenvalue weighted by atomic mass is 10.1. The van der Waals surface area contributed by atoms with Crippen molar-refractivity contribution in [3.63, 3.8) is 0 Å². The van der Waals surface area contributed by atoms with E-state index in [9.17, 15) is 4.79 Å². The maximum absolute atomic E-state index is 12.5. The summed E-state index contributed by atoms with van der Waals surface area (Å²) in [7, 11) is 0. The molecule has 128 valence electrons. The Bertz CT molecular complexity index is 476. The Hall–Kier alpha value is -1.55. The maximum atomic E-state index is 12.5. The van der Waals surface area contributed by atoms with Crippen LogP contribution >= 0.6 is 0 Å². The lowest BCUT2D eigenvalue weighted by Crippen LogP contribution is -2.47. The van der Waals surface area contributed by atoms with Gasteiger partial charge in [0.1, 0.15) is 6.61 Å².